The van der Waals surface area contributed by atoms with Gasteiger partial charge in [-0.1, -0.05) is 6.92 Å². The van der Waals surface area contributed by atoms with Crippen molar-refractivity contribution in [2.45, 2.75) is 31.7 Å². The summed E-state index contributed by atoms with van der Waals surface area (Å²) in [6, 6.07) is 0. The third kappa shape index (κ3) is 0.655. The largest absolute Gasteiger partial charge is 0.350 e. The molecule has 1 unspecified atom stereocenters. The molecule has 1 saturated carbocycles. The van der Waals surface area contributed by atoms with Crippen LogP contribution in [0.1, 0.15) is 26.2 Å². The quantitative estimate of drug-likeness (QED) is 0.506. The van der Waals surface area contributed by atoms with Crippen molar-refractivity contribution in [2.24, 2.45) is 5.92 Å². The predicted molar refractivity (Wildman–Crippen MR) is 33.9 cm³/mol. The zero-order chi connectivity index (χ0) is 6.48. The van der Waals surface area contributed by atoms with Gasteiger partial charge in [-0.15, -0.1) is 0 Å². The number of hydrogen-bond acceptors (Lipinski definition) is 1. The molecule has 1 aliphatic heterocycles. The van der Waals surface area contributed by atoms with Crippen molar-refractivity contribution in [3.05, 3.63) is 0 Å². The van der Waals surface area contributed by atoms with E-state index in [1.807, 2.05) is 6.92 Å². The second-order valence-electron chi connectivity index (χ2n) is 3.37. The molecular weight excluding hydrogens is 114 g/mol. The molecular formula is C7H11NO. The van der Waals surface area contributed by atoms with Gasteiger partial charge in [-0.3, -0.25) is 4.79 Å². The van der Waals surface area contributed by atoms with Gasteiger partial charge in [0, 0.05) is 11.5 Å². The lowest BCUT2D eigenvalue weighted by molar-refractivity contribution is -0.122. The Morgan fingerprint density at radius 1 is 1.67 bits per heavy atom. The third-order valence-corrected chi connectivity index (χ3v) is 2.39. The lowest BCUT2D eigenvalue weighted by Gasteiger charge is -2.01. The van der Waals surface area contributed by atoms with Gasteiger partial charge in [0.2, 0.25) is 5.91 Å². The zero-order valence-electron chi connectivity index (χ0n) is 5.61. The molecule has 2 heteroatoms. The molecule has 1 atom stereocenters. The van der Waals surface area contributed by atoms with E-state index < -0.39 is 0 Å². The molecule has 1 amide bonds. The first kappa shape index (κ1) is 5.27. The highest BCUT2D eigenvalue weighted by Crippen LogP contribution is 2.44. The number of amides is 1. The average Bonchev–Trinajstić information content (AvgIpc) is 2.42. The van der Waals surface area contributed by atoms with Gasteiger partial charge in [0.15, 0.2) is 0 Å². The Labute approximate surface area is 54.6 Å². The summed E-state index contributed by atoms with van der Waals surface area (Å²) in [5.74, 6) is 0.528. The van der Waals surface area contributed by atoms with Crippen LogP contribution in [-0.2, 0) is 4.79 Å². The van der Waals surface area contributed by atoms with E-state index in [0.29, 0.717) is 0 Å². The molecule has 1 heterocycles. The van der Waals surface area contributed by atoms with Crippen molar-refractivity contribution in [3.63, 3.8) is 0 Å². The molecule has 9 heavy (non-hydrogen) atoms. The summed E-state index contributed by atoms with van der Waals surface area (Å²) in [4.78, 5) is 10.9. The SMILES string of the molecule is CC1CC2(CC2)NC1=O. The molecule has 1 saturated heterocycles. The van der Waals surface area contributed by atoms with Crippen LogP contribution in [0.2, 0.25) is 0 Å². The molecule has 50 valence electrons. The summed E-state index contributed by atoms with van der Waals surface area (Å²) in [7, 11) is 0. The van der Waals surface area contributed by atoms with E-state index in [4.69, 9.17) is 0 Å². The highest BCUT2D eigenvalue weighted by molar-refractivity contribution is 5.82. The predicted octanol–water partition coefficient (Wildman–Crippen LogP) is 0.675. The molecule has 2 rings (SSSR count). The monoisotopic (exact) mass is 125 g/mol. The standard InChI is InChI=1S/C7H11NO/c1-5-4-7(2-3-7)8-6(5)9/h5H,2-4H2,1H3,(H,8,9). The molecule has 0 bridgehead atoms. The Morgan fingerprint density at radius 2 is 2.33 bits per heavy atom. The maximum Gasteiger partial charge on any atom is 0.223 e. The van der Waals surface area contributed by atoms with Gasteiger partial charge in [-0.05, 0) is 19.3 Å². The Kier molecular flexibility index (Phi) is 0.765. The van der Waals surface area contributed by atoms with Crippen molar-refractivity contribution < 1.29 is 4.79 Å². The molecule has 0 aromatic carbocycles. The van der Waals surface area contributed by atoms with Gasteiger partial charge in [0.1, 0.15) is 0 Å². The minimum absolute atomic E-state index is 0.257. The maximum absolute atomic E-state index is 10.9. The maximum atomic E-state index is 10.9. The van der Waals surface area contributed by atoms with Crippen molar-refractivity contribution >= 4 is 5.91 Å². The number of carbonyl (C=O) groups is 1. The fraction of sp³-hybridized carbons (Fsp3) is 0.857. The smallest absolute Gasteiger partial charge is 0.223 e. The normalized spacial score (nSPS) is 37.0. The minimum atomic E-state index is 0.257. The van der Waals surface area contributed by atoms with Crippen LogP contribution in [-0.4, -0.2) is 11.4 Å². The molecule has 0 aromatic heterocycles. The molecule has 1 N–H and O–H groups in total. The van der Waals surface area contributed by atoms with E-state index in [9.17, 15) is 4.79 Å². The molecule has 0 aromatic rings. The van der Waals surface area contributed by atoms with Crippen molar-refractivity contribution in [1.82, 2.24) is 5.32 Å². The lowest BCUT2D eigenvalue weighted by atomic mass is 10.1. The van der Waals surface area contributed by atoms with E-state index in [0.717, 1.165) is 6.42 Å². The van der Waals surface area contributed by atoms with Crippen molar-refractivity contribution in [2.75, 3.05) is 0 Å². The third-order valence-electron chi connectivity index (χ3n) is 2.39. The summed E-state index contributed by atoms with van der Waals surface area (Å²) in [5, 5.41) is 3.02. The summed E-state index contributed by atoms with van der Waals surface area (Å²) in [6.07, 6.45) is 3.50. The van der Waals surface area contributed by atoms with E-state index in [1.165, 1.54) is 12.8 Å². The number of carbonyl (C=O) groups excluding carboxylic acids is 1. The van der Waals surface area contributed by atoms with Crippen molar-refractivity contribution in [1.29, 1.82) is 0 Å². The molecule has 2 nitrogen and oxygen atoms in total. The van der Waals surface area contributed by atoms with Crippen LogP contribution in [0.15, 0.2) is 0 Å². The van der Waals surface area contributed by atoms with E-state index >= 15 is 0 Å². The summed E-state index contributed by atoms with van der Waals surface area (Å²) < 4.78 is 0. The van der Waals surface area contributed by atoms with Crippen LogP contribution in [0.4, 0.5) is 0 Å². The minimum Gasteiger partial charge on any atom is -0.350 e. The first-order chi connectivity index (χ1) is 4.22. The number of nitrogens with one attached hydrogen (secondary N) is 1. The van der Waals surface area contributed by atoms with Crippen LogP contribution >= 0.6 is 0 Å². The molecule has 0 radical (unpaired) electrons. The summed E-state index contributed by atoms with van der Waals surface area (Å²) in [5.41, 5.74) is 0.288. The topological polar surface area (TPSA) is 29.1 Å². The highest BCUT2D eigenvalue weighted by Gasteiger charge is 2.50. The average molecular weight is 125 g/mol. The molecule has 2 fully saturated rings. The Hall–Kier alpha value is -0.530. The Balaban J connectivity index is 2.14. The van der Waals surface area contributed by atoms with Crippen LogP contribution in [0.3, 0.4) is 0 Å². The Bertz CT molecular complexity index is 160. The van der Waals surface area contributed by atoms with Gasteiger partial charge in [0.25, 0.3) is 0 Å². The summed E-state index contributed by atoms with van der Waals surface area (Å²) in [6.45, 7) is 2.00. The van der Waals surface area contributed by atoms with Gasteiger partial charge in [-0.25, -0.2) is 0 Å². The van der Waals surface area contributed by atoms with Gasteiger partial charge in [-0.2, -0.15) is 0 Å². The van der Waals surface area contributed by atoms with Crippen LogP contribution in [0, 0.1) is 5.92 Å². The lowest BCUT2D eigenvalue weighted by Crippen LogP contribution is -2.27. The van der Waals surface area contributed by atoms with E-state index in [-0.39, 0.29) is 17.4 Å². The van der Waals surface area contributed by atoms with E-state index in [2.05, 4.69) is 5.32 Å². The first-order valence-corrected chi connectivity index (χ1v) is 3.54. The highest BCUT2D eigenvalue weighted by atomic mass is 16.2. The van der Waals surface area contributed by atoms with Gasteiger partial charge in [0.05, 0.1) is 0 Å². The van der Waals surface area contributed by atoms with Crippen LogP contribution in [0.25, 0.3) is 0 Å². The summed E-state index contributed by atoms with van der Waals surface area (Å²) >= 11 is 0. The second-order valence-corrected chi connectivity index (χ2v) is 3.37. The van der Waals surface area contributed by atoms with Gasteiger partial charge < -0.3 is 5.32 Å². The van der Waals surface area contributed by atoms with Gasteiger partial charge >= 0.3 is 0 Å². The van der Waals surface area contributed by atoms with Crippen LogP contribution < -0.4 is 5.32 Å². The molecule has 1 aliphatic carbocycles. The Morgan fingerprint density at radius 3 is 2.56 bits per heavy atom. The molecule has 2 aliphatic rings. The second kappa shape index (κ2) is 1.31. The number of hydrogen-bond donors (Lipinski definition) is 1. The zero-order valence-corrected chi connectivity index (χ0v) is 5.61. The first-order valence-electron chi connectivity index (χ1n) is 3.54. The number of rotatable bonds is 0. The van der Waals surface area contributed by atoms with Crippen LogP contribution in [0.5, 0.6) is 0 Å². The van der Waals surface area contributed by atoms with E-state index in [1.54, 1.807) is 0 Å². The fourth-order valence-electron chi connectivity index (χ4n) is 1.59. The molecule has 1 spiro atoms. The van der Waals surface area contributed by atoms with Crippen molar-refractivity contribution in [3.8, 4) is 0 Å². The fourth-order valence-corrected chi connectivity index (χ4v) is 1.59.